The van der Waals surface area contributed by atoms with Crippen molar-refractivity contribution >= 4 is 35.1 Å². The summed E-state index contributed by atoms with van der Waals surface area (Å²) in [6.45, 7) is 1.70. The van der Waals surface area contributed by atoms with Gasteiger partial charge in [-0.15, -0.1) is 0 Å². The van der Waals surface area contributed by atoms with E-state index in [9.17, 15) is 9.59 Å². The number of nitrogens with one attached hydrogen (secondary N) is 1. The number of hydrogen-bond donors (Lipinski definition) is 2. The number of rotatable bonds is 5. The van der Waals surface area contributed by atoms with E-state index in [0.717, 1.165) is 12.0 Å². The average molecular weight is 316 g/mol. The number of carboxylic acid groups (broad SMARTS) is 1. The highest BCUT2D eigenvalue weighted by Crippen LogP contribution is 2.49. The van der Waals surface area contributed by atoms with Gasteiger partial charge < -0.3 is 10.4 Å². The Morgan fingerprint density at radius 3 is 2.75 bits per heavy atom. The Labute approximate surface area is 127 Å². The number of amides is 1. The highest BCUT2D eigenvalue weighted by atomic mass is 35.5. The lowest BCUT2D eigenvalue weighted by molar-refractivity contribution is -0.141. The van der Waals surface area contributed by atoms with E-state index in [-0.39, 0.29) is 24.3 Å². The third-order valence-corrected chi connectivity index (χ3v) is 4.06. The summed E-state index contributed by atoms with van der Waals surface area (Å²) in [5, 5.41) is 12.6. The topological polar surface area (TPSA) is 66.4 Å². The Kier molecular flexibility index (Phi) is 4.55. The van der Waals surface area contributed by atoms with Crippen LogP contribution in [-0.2, 0) is 9.59 Å². The maximum absolute atomic E-state index is 11.9. The number of carbonyl (C=O) groups is 2. The Bertz CT molecular complexity index is 547. The van der Waals surface area contributed by atoms with Gasteiger partial charge in [-0.2, -0.15) is 0 Å². The average Bonchev–Trinajstić information content (AvgIpc) is 3.15. The lowest BCUT2D eigenvalue weighted by Crippen LogP contribution is -2.32. The first kappa shape index (κ1) is 15.1. The van der Waals surface area contributed by atoms with Crippen LogP contribution in [0, 0.1) is 11.8 Å². The van der Waals surface area contributed by atoms with Crippen molar-refractivity contribution < 1.29 is 14.7 Å². The normalized spacial score (nSPS) is 22.1. The van der Waals surface area contributed by atoms with Gasteiger partial charge in [-0.25, -0.2) is 0 Å². The number of halogens is 2. The third kappa shape index (κ3) is 3.44. The highest BCUT2D eigenvalue weighted by Gasteiger charge is 2.44. The van der Waals surface area contributed by atoms with Crippen LogP contribution in [0.3, 0.4) is 0 Å². The Balaban J connectivity index is 1.91. The molecule has 108 valence electrons. The van der Waals surface area contributed by atoms with Crippen molar-refractivity contribution in [2.75, 3.05) is 6.54 Å². The molecule has 0 spiro atoms. The monoisotopic (exact) mass is 315 g/mol. The zero-order valence-electron chi connectivity index (χ0n) is 10.9. The summed E-state index contributed by atoms with van der Waals surface area (Å²) in [4.78, 5) is 22.6. The molecule has 0 aromatic heterocycles. The number of benzene rings is 1. The molecule has 2 rings (SSSR count). The van der Waals surface area contributed by atoms with Gasteiger partial charge in [-0.1, -0.05) is 36.2 Å². The van der Waals surface area contributed by atoms with Gasteiger partial charge in [0.25, 0.3) is 0 Å². The van der Waals surface area contributed by atoms with Crippen LogP contribution in [0.1, 0.15) is 24.8 Å². The third-order valence-electron chi connectivity index (χ3n) is 3.49. The minimum Gasteiger partial charge on any atom is -0.481 e. The summed E-state index contributed by atoms with van der Waals surface area (Å²) in [5.41, 5.74) is 0.919. The molecular formula is C14H15Cl2NO3. The Morgan fingerprint density at radius 1 is 1.45 bits per heavy atom. The van der Waals surface area contributed by atoms with Crippen molar-refractivity contribution in [1.29, 1.82) is 0 Å². The van der Waals surface area contributed by atoms with Gasteiger partial charge in [0.05, 0.1) is 5.92 Å². The molecule has 1 aliphatic carbocycles. The van der Waals surface area contributed by atoms with Gasteiger partial charge in [-0.3, -0.25) is 9.59 Å². The van der Waals surface area contributed by atoms with Crippen molar-refractivity contribution in [1.82, 2.24) is 5.32 Å². The minimum atomic E-state index is -0.918. The summed E-state index contributed by atoms with van der Waals surface area (Å²) in [6.07, 6.45) is 0.731. The molecule has 1 saturated carbocycles. The lowest BCUT2D eigenvalue weighted by atomic mass is 10.1. The molecule has 20 heavy (non-hydrogen) atoms. The molecular weight excluding hydrogens is 301 g/mol. The van der Waals surface area contributed by atoms with Gasteiger partial charge >= 0.3 is 5.97 Å². The SMILES string of the molecule is CC(CNC(=O)C1CC1c1ccc(Cl)cc1Cl)C(=O)O. The van der Waals surface area contributed by atoms with E-state index in [2.05, 4.69) is 5.32 Å². The molecule has 1 aromatic carbocycles. The zero-order chi connectivity index (χ0) is 14.9. The van der Waals surface area contributed by atoms with Crippen molar-refractivity contribution in [2.45, 2.75) is 19.3 Å². The van der Waals surface area contributed by atoms with Gasteiger partial charge in [0.15, 0.2) is 0 Å². The van der Waals surface area contributed by atoms with E-state index >= 15 is 0 Å². The maximum atomic E-state index is 11.9. The number of carbonyl (C=O) groups excluding carboxylic acids is 1. The van der Waals surface area contributed by atoms with E-state index in [1.807, 2.05) is 6.07 Å². The molecule has 0 radical (unpaired) electrons. The molecule has 1 amide bonds. The Morgan fingerprint density at radius 2 is 2.15 bits per heavy atom. The number of carboxylic acids is 1. The predicted octanol–water partition coefficient (Wildman–Crippen LogP) is 2.93. The second kappa shape index (κ2) is 6.02. The van der Waals surface area contributed by atoms with Gasteiger partial charge in [-0.05, 0) is 30.0 Å². The lowest BCUT2D eigenvalue weighted by Gasteiger charge is -2.08. The predicted molar refractivity (Wildman–Crippen MR) is 77.1 cm³/mol. The molecule has 1 fully saturated rings. The van der Waals surface area contributed by atoms with E-state index in [4.69, 9.17) is 28.3 Å². The second-order valence-corrected chi connectivity index (χ2v) is 5.94. The molecule has 1 aromatic rings. The van der Waals surface area contributed by atoms with E-state index < -0.39 is 11.9 Å². The van der Waals surface area contributed by atoms with E-state index in [0.29, 0.717) is 10.0 Å². The van der Waals surface area contributed by atoms with Crippen molar-refractivity contribution in [3.8, 4) is 0 Å². The first-order valence-corrected chi connectivity index (χ1v) is 7.11. The standard InChI is InChI=1S/C14H15Cl2NO3/c1-7(14(19)20)6-17-13(18)11-5-10(11)9-3-2-8(15)4-12(9)16/h2-4,7,10-11H,5-6H2,1H3,(H,17,18)(H,19,20). The molecule has 6 heteroatoms. The molecule has 2 N–H and O–H groups in total. The van der Waals surface area contributed by atoms with Crippen molar-refractivity contribution in [2.24, 2.45) is 11.8 Å². The molecule has 0 saturated heterocycles. The summed E-state index contributed by atoms with van der Waals surface area (Å²) < 4.78 is 0. The minimum absolute atomic E-state index is 0.0971. The van der Waals surface area contributed by atoms with E-state index in [1.54, 1.807) is 19.1 Å². The first-order valence-electron chi connectivity index (χ1n) is 6.35. The van der Waals surface area contributed by atoms with Gasteiger partial charge in [0.2, 0.25) is 5.91 Å². The molecule has 3 atom stereocenters. The van der Waals surface area contributed by atoms with Crippen LogP contribution in [0.15, 0.2) is 18.2 Å². The smallest absolute Gasteiger partial charge is 0.308 e. The maximum Gasteiger partial charge on any atom is 0.308 e. The van der Waals surface area contributed by atoms with Crippen LogP contribution >= 0.6 is 23.2 Å². The van der Waals surface area contributed by atoms with Crippen LogP contribution in [0.2, 0.25) is 10.0 Å². The molecule has 0 bridgehead atoms. The molecule has 1 aliphatic rings. The Hall–Kier alpha value is -1.26. The summed E-state index contributed by atoms with van der Waals surface area (Å²) in [7, 11) is 0. The fourth-order valence-corrected chi connectivity index (χ4v) is 2.65. The van der Waals surface area contributed by atoms with Gasteiger partial charge in [0, 0.05) is 22.5 Å². The number of hydrogen-bond acceptors (Lipinski definition) is 2. The number of aliphatic carboxylic acids is 1. The van der Waals surface area contributed by atoms with Crippen LogP contribution in [0.25, 0.3) is 0 Å². The fraction of sp³-hybridized carbons (Fsp3) is 0.429. The molecule has 0 heterocycles. The first-order chi connectivity index (χ1) is 9.40. The highest BCUT2D eigenvalue weighted by molar-refractivity contribution is 6.35. The van der Waals surface area contributed by atoms with E-state index in [1.165, 1.54) is 0 Å². The molecule has 3 unspecified atom stereocenters. The largest absolute Gasteiger partial charge is 0.481 e. The van der Waals surface area contributed by atoms with Crippen LogP contribution in [0.4, 0.5) is 0 Å². The van der Waals surface area contributed by atoms with Crippen LogP contribution < -0.4 is 5.32 Å². The quantitative estimate of drug-likeness (QED) is 0.878. The van der Waals surface area contributed by atoms with Crippen molar-refractivity contribution in [3.05, 3.63) is 33.8 Å². The summed E-state index contributed by atoms with van der Waals surface area (Å²) in [5.74, 6) is -1.66. The van der Waals surface area contributed by atoms with Crippen LogP contribution in [-0.4, -0.2) is 23.5 Å². The fourth-order valence-electron chi connectivity index (χ4n) is 2.10. The zero-order valence-corrected chi connectivity index (χ0v) is 12.4. The molecule has 0 aliphatic heterocycles. The summed E-state index contributed by atoms with van der Waals surface area (Å²) >= 11 is 11.9. The van der Waals surface area contributed by atoms with Crippen molar-refractivity contribution in [3.63, 3.8) is 0 Å². The van der Waals surface area contributed by atoms with Gasteiger partial charge in [0.1, 0.15) is 0 Å². The summed E-state index contributed by atoms with van der Waals surface area (Å²) in [6, 6.07) is 5.25. The second-order valence-electron chi connectivity index (χ2n) is 5.10. The molecule has 4 nitrogen and oxygen atoms in total. The van der Waals surface area contributed by atoms with Crippen LogP contribution in [0.5, 0.6) is 0 Å².